The Morgan fingerprint density at radius 1 is 1.75 bits per heavy atom. The van der Waals surface area contributed by atoms with E-state index in [-0.39, 0.29) is 5.69 Å². The Balaban J connectivity index is 2.93. The topological polar surface area (TPSA) is 77.2 Å². The molecular weight excluding hydrogens is 158 g/mol. The molecule has 1 rings (SSSR count). The first-order valence-electron chi connectivity index (χ1n) is 3.29. The number of carbonyl (C=O) groups excluding carboxylic acids is 1. The second-order valence-corrected chi connectivity index (χ2v) is 2.07. The minimum Gasteiger partial charge on any atom is -0.464 e. The Hall–Kier alpha value is -1.62. The molecule has 64 valence electrons. The number of pyridine rings is 1. The molecular formula is C7H9N3O2. The molecule has 1 heterocycles. The van der Waals surface area contributed by atoms with Crippen molar-refractivity contribution >= 4 is 11.7 Å². The van der Waals surface area contributed by atoms with Crippen LogP contribution in [0.1, 0.15) is 10.5 Å². The monoisotopic (exact) mass is 167 g/mol. The molecule has 0 saturated carbocycles. The Morgan fingerprint density at radius 2 is 2.50 bits per heavy atom. The van der Waals surface area contributed by atoms with Gasteiger partial charge in [0.25, 0.3) is 0 Å². The number of aromatic nitrogens is 1. The van der Waals surface area contributed by atoms with Gasteiger partial charge in [-0.2, -0.15) is 0 Å². The number of nitrogens with zero attached hydrogens (tertiary/aromatic N) is 1. The molecule has 0 radical (unpaired) electrons. The first kappa shape index (κ1) is 8.48. The number of nitrogens with two attached hydrogens (primary N) is 1. The van der Waals surface area contributed by atoms with Crippen LogP contribution in [0, 0.1) is 0 Å². The lowest BCUT2D eigenvalue weighted by Crippen LogP contribution is -2.09. The lowest BCUT2D eigenvalue weighted by molar-refractivity contribution is 0.0594. The lowest BCUT2D eigenvalue weighted by Gasteiger charge is -2.00. The first-order chi connectivity index (χ1) is 5.77. The third-order valence-electron chi connectivity index (χ3n) is 1.32. The van der Waals surface area contributed by atoms with Gasteiger partial charge in [-0.15, -0.1) is 0 Å². The van der Waals surface area contributed by atoms with E-state index in [0.717, 1.165) is 0 Å². The van der Waals surface area contributed by atoms with Gasteiger partial charge in [0.15, 0.2) is 0 Å². The number of hydrazine groups is 1. The van der Waals surface area contributed by atoms with E-state index in [1.165, 1.54) is 19.4 Å². The van der Waals surface area contributed by atoms with Crippen molar-refractivity contribution < 1.29 is 9.53 Å². The van der Waals surface area contributed by atoms with Crippen molar-refractivity contribution in [1.29, 1.82) is 0 Å². The lowest BCUT2D eigenvalue weighted by atomic mass is 10.3. The molecule has 1 aromatic heterocycles. The average molecular weight is 167 g/mol. The number of anilines is 1. The summed E-state index contributed by atoms with van der Waals surface area (Å²) in [6.45, 7) is 0. The number of hydrogen-bond acceptors (Lipinski definition) is 5. The number of carbonyl (C=O) groups is 1. The highest BCUT2D eigenvalue weighted by Gasteiger charge is 2.06. The molecule has 0 saturated heterocycles. The zero-order valence-electron chi connectivity index (χ0n) is 6.57. The van der Waals surface area contributed by atoms with E-state index >= 15 is 0 Å². The van der Waals surface area contributed by atoms with Gasteiger partial charge in [-0.25, -0.2) is 9.78 Å². The average Bonchev–Trinajstić information content (AvgIpc) is 2.17. The maximum Gasteiger partial charge on any atom is 0.356 e. The fraction of sp³-hybridized carbons (Fsp3) is 0.143. The standard InChI is InChI=1S/C7H9N3O2/c1-12-7(11)6-4-5(10-8)2-3-9-6/h2-4H,8H2,1H3,(H,9,10). The van der Waals surface area contributed by atoms with Gasteiger partial charge in [-0.05, 0) is 12.1 Å². The molecule has 12 heavy (non-hydrogen) atoms. The summed E-state index contributed by atoms with van der Waals surface area (Å²) in [5, 5.41) is 0. The van der Waals surface area contributed by atoms with E-state index < -0.39 is 5.97 Å². The van der Waals surface area contributed by atoms with Crippen LogP contribution in [0.25, 0.3) is 0 Å². The van der Waals surface area contributed by atoms with Crippen LogP contribution in [0.4, 0.5) is 5.69 Å². The van der Waals surface area contributed by atoms with Gasteiger partial charge in [0.1, 0.15) is 5.69 Å². The van der Waals surface area contributed by atoms with Crippen LogP contribution in [0.3, 0.4) is 0 Å². The Bertz CT molecular complexity index is 288. The minimum atomic E-state index is -0.480. The molecule has 0 atom stereocenters. The van der Waals surface area contributed by atoms with Gasteiger partial charge >= 0.3 is 5.97 Å². The number of ether oxygens (including phenoxy) is 1. The summed E-state index contributed by atoms with van der Waals surface area (Å²) < 4.78 is 4.47. The van der Waals surface area contributed by atoms with Crippen LogP contribution in [0.2, 0.25) is 0 Å². The molecule has 5 heteroatoms. The predicted molar refractivity (Wildman–Crippen MR) is 43.4 cm³/mol. The number of hydrogen-bond donors (Lipinski definition) is 2. The van der Waals surface area contributed by atoms with E-state index in [4.69, 9.17) is 5.84 Å². The smallest absolute Gasteiger partial charge is 0.356 e. The fourth-order valence-corrected chi connectivity index (χ4v) is 0.737. The zero-order chi connectivity index (χ0) is 8.97. The maximum absolute atomic E-state index is 10.9. The summed E-state index contributed by atoms with van der Waals surface area (Å²) in [5.41, 5.74) is 3.24. The minimum absolute atomic E-state index is 0.230. The van der Waals surface area contributed by atoms with Gasteiger partial charge in [-0.3, -0.25) is 5.84 Å². The van der Waals surface area contributed by atoms with Crippen LogP contribution < -0.4 is 11.3 Å². The summed E-state index contributed by atoms with van der Waals surface area (Å²) in [6.07, 6.45) is 1.47. The van der Waals surface area contributed by atoms with Crippen LogP contribution in [0.15, 0.2) is 18.3 Å². The van der Waals surface area contributed by atoms with Gasteiger partial charge in [0, 0.05) is 6.20 Å². The number of nitrogen functional groups attached to an aromatic ring is 1. The first-order valence-corrected chi connectivity index (χ1v) is 3.29. The Labute approximate surface area is 69.5 Å². The summed E-state index contributed by atoms with van der Waals surface area (Å²) in [4.78, 5) is 14.7. The second-order valence-electron chi connectivity index (χ2n) is 2.07. The van der Waals surface area contributed by atoms with E-state index in [9.17, 15) is 4.79 Å². The number of methoxy groups -OCH3 is 1. The normalized spacial score (nSPS) is 9.17. The molecule has 0 aliphatic heterocycles. The van der Waals surface area contributed by atoms with Crippen LogP contribution >= 0.6 is 0 Å². The maximum atomic E-state index is 10.9. The van der Waals surface area contributed by atoms with E-state index in [0.29, 0.717) is 5.69 Å². The van der Waals surface area contributed by atoms with Crippen LogP contribution in [-0.4, -0.2) is 18.1 Å². The molecule has 0 unspecified atom stereocenters. The molecule has 0 bridgehead atoms. The SMILES string of the molecule is COC(=O)c1cc(NN)ccn1. The van der Waals surface area contributed by atoms with Crippen LogP contribution in [-0.2, 0) is 4.74 Å². The van der Waals surface area contributed by atoms with Crippen molar-refractivity contribution in [3.63, 3.8) is 0 Å². The Kier molecular flexibility index (Phi) is 2.60. The van der Waals surface area contributed by atoms with Crippen molar-refractivity contribution in [2.45, 2.75) is 0 Å². The molecule has 0 aliphatic carbocycles. The molecule has 0 spiro atoms. The number of nitrogens with one attached hydrogen (secondary N) is 1. The highest BCUT2D eigenvalue weighted by atomic mass is 16.5. The van der Waals surface area contributed by atoms with Gasteiger partial charge < -0.3 is 10.2 Å². The Morgan fingerprint density at radius 3 is 3.08 bits per heavy atom. The predicted octanol–water partition coefficient (Wildman–Crippen LogP) is 0.154. The fourth-order valence-electron chi connectivity index (χ4n) is 0.737. The number of esters is 1. The summed E-state index contributed by atoms with van der Waals surface area (Å²) in [6, 6.07) is 3.15. The van der Waals surface area contributed by atoms with Crippen LogP contribution in [0.5, 0.6) is 0 Å². The van der Waals surface area contributed by atoms with Crippen molar-refractivity contribution in [3.05, 3.63) is 24.0 Å². The number of rotatable bonds is 2. The highest BCUT2D eigenvalue weighted by molar-refractivity contribution is 5.88. The van der Waals surface area contributed by atoms with Gasteiger partial charge in [-0.1, -0.05) is 0 Å². The molecule has 5 nitrogen and oxygen atoms in total. The highest BCUT2D eigenvalue weighted by Crippen LogP contribution is 2.06. The summed E-state index contributed by atoms with van der Waals surface area (Å²) in [7, 11) is 1.30. The van der Waals surface area contributed by atoms with E-state index in [1.54, 1.807) is 6.07 Å². The zero-order valence-corrected chi connectivity index (χ0v) is 6.57. The molecule has 1 aromatic rings. The molecule has 0 aliphatic rings. The van der Waals surface area contributed by atoms with Crippen molar-refractivity contribution in [2.75, 3.05) is 12.5 Å². The molecule has 3 N–H and O–H groups in total. The molecule has 0 aromatic carbocycles. The largest absolute Gasteiger partial charge is 0.464 e. The van der Waals surface area contributed by atoms with E-state index in [1.807, 2.05) is 0 Å². The van der Waals surface area contributed by atoms with Gasteiger partial charge in [0.05, 0.1) is 12.8 Å². The quantitative estimate of drug-likeness (QED) is 0.372. The molecule has 0 fully saturated rings. The van der Waals surface area contributed by atoms with Crippen molar-refractivity contribution in [3.8, 4) is 0 Å². The second kappa shape index (κ2) is 3.68. The van der Waals surface area contributed by atoms with E-state index in [2.05, 4.69) is 15.1 Å². The van der Waals surface area contributed by atoms with Crippen molar-refractivity contribution in [2.24, 2.45) is 5.84 Å². The van der Waals surface area contributed by atoms with Crippen molar-refractivity contribution in [1.82, 2.24) is 4.98 Å². The third kappa shape index (κ3) is 1.70. The van der Waals surface area contributed by atoms with Gasteiger partial charge in [0.2, 0.25) is 0 Å². The molecule has 0 amide bonds. The summed E-state index contributed by atoms with van der Waals surface area (Å²) in [5.74, 6) is 4.65. The third-order valence-corrected chi connectivity index (χ3v) is 1.32. The summed E-state index contributed by atoms with van der Waals surface area (Å²) >= 11 is 0.